The summed E-state index contributed by atoms with van der Waals surface area (Å²) in [7, 11) is 0. The Morgan fingerprint density at radius 2 is 1.96 bits per heavy atom. The molecule has 26 heavy (non-hydrogen) atoms. The van der Waals surface area contributed by atoms with E-state index >= 15 is 0 Å². The van der Waals surface area contributed by atoms with Gasteiger partial charge in [0.05, 0.1) is 23.9 Å². The van der Waals surface area contributed by atoms with Crippen molar-refractivity contribution < 1.29 is 22.7 Å². The first-order valence-electron chi connectivity index (χ1n) is 8.72. The van der Waals surface area contributed by atoms with E-state index in [1.54, 1.807) is 13.8 Å². The van der Waals surface area contributed by atoms with E-state index in [2.05, 4.69) is 9.97 Å². The maximum atomic E-state index is 12.3. The van der Waals surface area contributed by atoms with Crippen LogP contribution >= 0.6 is 11.6 Å². The molecule has 0 aliphatic carbocycles. The van der Waals surface area contributed by atoms with Gasteiger partial charge in [0, 0.05) is 19.5 Å². The summed E-state index contributed by atoms with van der Waals surface area (Å²) in [6, 6.07) is 0. The van der Waals surface area contributed by atoms with E-state index in [0.717, 1.165) is 0 Å². The van der Waals surface area contributed by atoms with Crippen molar-refractivity contribution in [2.24, 2.45) is 5.92 Å². The Bertz CT molecular complexity index is 632. The van der Waals surface area contributed by atoms with Gasteiger partial charge in [-0.2, -0.15) is 13.2 Å². The highest BCUT2D eigenvalue weighted by Crippen LogP contribution is 2.29. The van der Waals surface area contributed by atoms with Crippen molar-refractivity contribution in [1.82, 2.24) is 9.97 Å². The summed E-state index contributed by atoms with van der Waals surface area (Å²) in [5.41, 5.74) is 1.07. The molecule has 0 spiro atoms. The molecule has 146 valence electrons. The fraction of sp³-hybridized carbons (Fsp3) is 0.706. The molecule has 0 atom stereocenters. The lowest BCUT2D eigenvalue weighted by Gasteiger charge is -2.32. The average Bonchev–Trinajstić information content (AvgIpc) is 2.56. The van der Waals surface area contributed by atoms with Crippen LogP contribution in [0.25, 0.3) is 0 Å². The summed E-state index contributed by atoms with van der Waals surface area (Å²) in [4.78, 5) is 22.5. The van der Waals surface area contributed by atoms with E-state index in [-0.39, 0.29) is 29.9 Å². The summed E-state index contributed by atoms with van der Waals surface area (Å²) in [5.74, 6) is 0.136. The molecule has 1 aromatic heterocycles. The van der Waals surface area contributed by atoms with E-state index in [0.29, 0.717) is 49.7 Å². The predicted molar refractivity (Wildman–Crippen MR) is 92.3 cm³/mol. The number of alkyl halides is 3. The van der Waals surface area contributed by atoms with Gasteiger partial charge in [-0.15, -0.1) is 0 Å². The van der Waals surface area contributed by atoms with Crippen LogP contribution in [0.2, 0.25) is 5.15 Å². The predicted octanol–water partition coefficient (Wildman–Crippen LogP) is 4.10. The number of carbonyl (C=O) groups is 1. The van der Waals surface area contributed by atoms with Gasteiger partial charge in [0.2, 0.25) is 0 Å². The number of ether oxygens (including phenoxy) is 1. The maximum Gasteiger partial charge on any atom is 0.389 e. The molecule has 1 aliphatic heterocycles. The number of hydrogen-bond acceptors (Lipinski definition) is 5. The second-order valence-electron chi connectivity index (χ2n) is 6.35. The standard InChI is InChI=1S/C17H23ClF3N3O2/c1-3-26-16(25)12-6-9-24(10-7-12)15-14(18)22-11(2)13(23-15)5-4-8-17(19,20)21/h12H,3-10H2,1-2H3. The summed E-state index contributed by atoms with van der Waals surface area (Å²) in [5, 5.41) is 0.233. The summed E-state index contributed by atoms with van der Waals surface area (Å²) in [6.45, 7) is 4.97. The van der Waals surface area contributed by atoms with Gasteiger partial charge in [0.15, 0.2) is 11.0 Å². The van der Waals surface area contributed by atoms with Crippen molar-refractivity contribution in [3.63, 3.8) is 0 Å². The van der Waals surface area contributed by atoms with Crippen LogP contribution in [0.15, 0.2) is 0 Å². The lowest BCUT2D eigenvalue weighted by Crippen LogP contribution is -2.37. The van der Waals surface area contributed by atoms with Crippen LogP contribution in [0, 0.1) is 12.8 Å². The van der Waals surface area contributed by atoms with Crippen molar-refractivity contribution in [3.8, 4) is 0 Å². The molecule has 2 rings (SSSR count). The highest BCUT2D eigenvalue weighted by atomic mass is 35.5. The number of piperidine rings is 1. The average molecular weight is 394 g/mol. The third-order valence-electron chi connectivity index (χ3n) is 4.40. The molecule has 2 heterocycles. The van der Waals surface area contributed by atoms with Gasteiger partial charge in [0.25, 0.3) is 0 Å². The lowest BCUT2D eigenvalue weighted by atomic mass is 9.97. The van der Waals surface area contributed by atoms with Gasteiger partial charge >= 0.3 is 12.1 Å². The summed E-state index contributed by atoms with van der Waals surface area (Å²) >= 11 is 6.20. The second kappa shape index (κ2) is 8.88. The number of anilines is 1. The Balaban J connectivity index is 2.03. The van der Waals surface area contributed by atoms with Crippen molar-refractivity contribution in [2.75, 3.05) is 24.6 Å². The summed E-state index contributed by atoms with van der Waals surface area (Å²) < 4.78 is 42.1. The molecule has 1 aliphatic rings. The van der Waals surface area contributed by atoms with Gasteiger partial charge < -0.3 is 9.64 Å². The number of aromatic nitrogens is 2. The van der Waals surface area contributed by atoms with E-state index in [9.17, 15) is 18.0 Å². The zero-order chi connectivity index (χ0) is 19.3. The van der Waals surface area contributed by atoms with Gasteiger partial charge in [-0.05, 0) is 39.5 Å². The van der Waals surface area contributed by atoms with E-state index in [1.165, 1.54) is 0 Å². The molecule has 0 aromatic carbocycles. The van der Waals surface area contributed by atoms with Crippen molar-refractivity contribution in [2.45, 2.75) is 52.1 Å². The molecule has 0 radical (unpaired) electrons. The maximum absolute atomic E-state index is 12.3. The van der Waals surface area contributed by atoms with Gasteiger partial charge in [0.1, 0.15) is 0 Å². The number of halogens is 4. The molecule has 1 fully saturated rings. The van der Waals surface area contributed by atoms with Crippen LogP contribution in [0.5, 0.6) is 0 Å². The molecule has 0 saturated carbocycles. The highest BCUT2D eigenvalue weighted by Gasteiger charge is 2.29. The van der Waals surface area contributed by atoms with Crippen LogP contribution < -0.4 is 4.90 Å². The van der Waals surface area contributed by atoms with E-state index in [4.69, 9.17) is 16.3 Å². The van der Waals surface area contributed by atoms with Crippen LogP contribution in [0.4, 0.5) is 19.0 Å². The third-order valence-corrected chi connectivity index (χ3v) is 4.65. The molecule has 0 amide bonds. The van der Waals surface area contributed by atoms with Crippen molar-refractivity contribution in [1.29, 1.82) is 0 Å². The smallest absolute Gasteiger partial charge is 0.389 e. The van der Waals surface area contributed by atoms with Gasteiger partial charge in [-0.1, -0.05) is 11.6 Å². The fourth-order valence-electron chi connectivity index (χ4n) is 3.00. The fourth-order valence-corrected chi connectivity index (χ4v) is 3.29. The summed E-state index contributed by atoms with van der Waals surface area (Å²) in [6.07, 6.45) is -3.63. The molecule has 5 nitrogen and oxygen atoms in total. The Kier molecular flexibility index (Phi) is 7.08. The Morgan fingerprint density at radius 3 is 2.54 bits per heavy atom. The SMILES string of the molecule is CCOC(=O)C1CCN(c2nc(CCCC(F)(F)F)c(C)nc2Cl)CC1. The first kappa shape index (κ1) is 20.7. The topological polar surface area (TPSA) is 55.3 Å². The van der Waals surface area contributed by atoms with E-state index in [1.807, 2.05) is 4.90 Å². The quantitative estimate of drug-likeness (QED) is 0.681. The largest absolute Gasteiger partial charge is 0.466 e. The number of aryl methyl sites for hydroxylation is 2. The Labute approximate surface area is 155 Å². The van der Waals surface area contributed by atoms with Gasteiger partial charge in [-0.25, -0.2) is 9.97 Å². The molecular weight excluding hydrogens is 371 g/mol. The number of nitrogens with zero attached hydrogens (tertiary/aromatic N) is 3. The number of hydrogen-bond donors (Lipinski definition) is 0. The van der Waals surface area contributed by atoms with Crippen LogP contribution in [0.1, 0.15) is 44.0 Å². The Hall–Kier alpha value is -1.57. The van der Waals surface area contributed by atoms with Crippen LogP contribution in [0.3, 0.4) is 0 Å². The minimum absolute atomic E-state index is 0.0367. The molecule has 9 heteroatoms. The van der Waals surface area contributed by atoms with Crippen molar-refractivity contribution >= 4 is 23.4 Å². The number of esters is 1. The minimum atomic E-state index is -4.18. The Morgan fingerprint density at radius 1 is 1.31 bits per heavy atom. The lowest BCUT2D eigenvalue weighted by molar-refractivity contribution is -0.148. The second-order valence-corrected chi connectivity index (χ2v) is 6.71. The first-order valence-corrected chi connectivity index (χ1v) is 9.10. The molecular formula is C17H23ClF3N3O2. The zero-order valence-corrected chi connectivity index (χ0v) is 15.7. The number of rotatable bonds is 6. The molecule has 1 aromatic rings. The molecule has 0 bridgehead atoms. The van der Waals surface area contributed by atoms with Gasteiger partial charge in [-0.3, -0.25) is 4.79 Å². The van der Waals surface area contributed by atoms with Crippen LogP contribution in [-0.4, -0.2) is 41.8 Å². The minimum Gasteiger partial charge on any atom is -0.466 e. The number of carbonyl (C=O) groups excluding carboxylic acids is 1. The van der Waals surface area contributed by atoms with E-state index < -0.39 is 12.6 Å². The molecule has 0 N–H and O–H groups in total. The molecule has 0 unspecified atom stereocenters. The van der Waals surface area contributed by atoms with Crippen molar-refractivity contribution in [3.05, 3.63) is 16.5 Å². The monoisotopic (exact) mass is 393 g/mol. The first-order chi connectivity index (χ1) is 12.2. The molecule has 1 saturated heterocycles. The zero-order valence-electron chi connectivity index (χ0n) is 14.9. The van der Waals surface area contributed by atoms with Crippen LogP contribution in [-0.2, 0) is 16.0 Å². The normalized spacial score (nSPS) is 16.0. The highest BCUT2D eigenvalue weighted by molar-refractivity contribution is 6.31. The third kappa shape index (κ3) is 5.72.